The van der Waals surface area contributed by atoms with Crippen molar-refractivity contribution in [2.75, 3.05) is 0 Å². The normalized spacial score (nSPS) is 13.7. The Hall–Kier alpha value is -0.0800. The fourth-order valence-corrected chi connectivity index (χ4v) is 4.25. The van der Waals surface area contributed by atoms with Crippen molar-refractivity contribution in [3.05, 3.63) is 0 Å². The molecule has 0 spiro atoms. The topological polar surface area (TPSA) is 38.0 Å². The third-order valence-corrected chi connectivity index (χ3v) is 6.11. The Morgan fingerprint density at radius 2 is 0.857 bits per heavy atom. The highest BCUT2D eigenvalue weighted by molar-refractivity contribution is 4.71. The van der Waals surface area contributed by atoms with E-state index in [0.717, 1.165) is 6.42 Å². The molecule has 3 N–H and O–H groups in total. The maximum Gasteiger partial charge on any atom is 0.0548 e. The molecule has 0 fully saturated rings. The van der Waals surface area contributed by atoms with Crippen LogP contribution in [-0.4, -0.2) is 12.2 Å². The smallest absolute Gasteiger partial charge is 0.0548 e. The summed E-state index contributed by atoms with van der Waals surface area (Å²) >= 11 is 0. The van der Waals surface area contributed by atoms with Crippen molar-refractivity contribution in [3.8, 4) is 0 Å². The second-order valence-electron chi connectivity index (χ2n) is 9.14. The van der Waals surface area contributed by atoms with Crippen LogP contribution in [-0.2, 0) is 0 Å². The van der Waals surface area contributed by atoms with E-state index >= 15 is 0 Å². The second-order valence-corrected chi connectivity index (χ2v) is 9.14. The van der Waals surface area contributed by atoms with E-state index in [4.69, 9.17) is 5.73 Å². The quantitative estimate of drug-likeness (QED) is 0.134. The van der Waals surface area contributed by atoms with Crippen molar-refractivity contribution in [1.29, 1.82) is 0 Å². The van der Waals surface area contributed by atoms with Gasteiger partial charge in [-0.25, -0.2) is 0 Å². The Bertz CT molecular complexity index is 280. The molecule has 0 aromatic rings. The Morgan fingerprint density at radius 1 is 0.464 bits per heavy atom. The summed E-state index contributed by atoms with van der Waals surface area (Å²) in [6, 6.07) is 0.638. The van der Waals surface area contributed by atoms with Crippen LogP contribution in [0.15, 0.2) is 0 Å². The van der Waals surface area contributed by atoms with Gasteiger partial charge in [0, 0.05) is 6.04 Å². The van der Waals surface area contributed by atoms with E-state index in [9.17, 15) is 0 Å². The Morgan fingerprint density at radius 3 is 1.29 bits per heavy atom. The van der Waals surface area contributed by atoms with Gasteiger partial charge in [-0.2, -0.15) is 0 Å². The van der Waals surface area contributed by atoms with Crippen LogP contribution < -0.4 is 11.1 Å². The molecule has 0 aromatic heterocycles. The van der Waals surface area contributed by atoms with E-state index in [2.05, 4.69) is 26.1 Å². The minimum Gasteiger partial charge on any atom is -0.316 e. The molecule has 0 amide bonds. The van der Waals surface area contributed by atoms with Gasteiger partial charge in [-0.15, -0.1) is 0 Å². The van der Waals surface area contributed by atoms with Crippen molar-refractivity contribution in [2.45, 2.75) is 168 Å². The third-order valence-electron chi connectivity index (χ3n) is 6.11. The average molecular weight is 397 g/mol. The van der Waals surface area contributed by atoms with E-state index in [1.54, 1.807) is 0 Å². The molecule has 2 heteroatoms. The molecule has 0 bridgehead atoms. The van der Waals surface area contributed by atoms with Gasteiger partial charge < -0.3 is 5.73 Å². The molecule has 2 atom stereocenters. The molecule has 0 saturated heterocycles. The maximum atomic E-state index is 6.39. The highest BCUT2D eigenvalue weighted by atomic mass is 15.0. The lowest BCUT2D eigenvalue weighted by Gasteiger charge is -2.23. The molecular weight excluding hydrogens is 340 g/mol. The molecule has 0 rings (SSSR count). The van der Waals surface area contributed by atoms with Crippen LogP contribution in [0.3, 0.4) is 0 Å². The molecule has 0 aliphatic rings. The van der Waals surface area contributed by atoms with Gasteiger partial charge in [0.1, 0.15) is 0 Å². The number of hydrogen-bond acceptors (Lipinski definition) is 2. The van der Waals surface area contributed by atoms with E-state index in [1.807, 2.05) is 0 Å². The van der Waals surface area contributed by atoms with Gasteiger partial charge in [0.2, 0.25) is 0 Å². The summed E-state index contributed by atoms with van der Waals surface area (Å²) in [4.78, 5) is 0. The number of hydrogen-bond donors (Lipinski definition) is 2. The van der Waals surface area contributed by atoms with Gasteiger partial charge >= 0.3 is 0 Å². The third kappa shape index (κ3) is 20.6. The fraction of sp³-hybridized carbons (Fsp3) is 1.00. The molecule has 170 valence electrons. The lowest BCUT2D eigenvalue weighted by atomic mass is 10.0. The van der Waals surface area contributed by atoms with Crippen molar-refractivity contribution in [1.82, 2.24) is 5.32 Å². The van der Waals surface area contributed by atoms with Gasteiger partial charge in [0.15, 0.2) is 0 Å². The standard InChI is InChI=1S/C26H56N2/c1-4-7-9-11-13-14-15-17-19-21-24-26(27)28-25(22-6-3)23-20-18-16-12-10-8-5-2/h25-26,28H,4-24,27H2,1-3H3. The molecule has 0 saturated carbocycles. The van der Waals surface area contributed by atoms with Gasteiger partial charge in [-0.3, -0.25) is 5.32 Å². The fourth-order valence-electron chi connectivity index (χ4n) is 4.25. The first kappa shape index (κ1) is 27.9. The first-order valence-electron chi connectivity index (χ1n) is 13.3. The number of rotatable bonds is 23. The zero-order chi connectivity index (χ0) is 20.7. The largest absolute Gasteiger partial charge is 0.316 e. The van der Waals surface area contributed by atoms with Crippen LogP contribution >= 0.6 is 0 Å². The maximum absolute atomic E-state index is 6.39. The van der Waals surface area contributed by atoms with Crippen LogP contribution in [0.25, 0.3) is 0 Å². The number of nitrogens with one attached hydrogen (secondary N) is 1. The van der Waals surface area contributed by atoms with Crippen molar-refractivity contribution >= 4 is 0 Å². The summed E-state index contributed by atoms with van der Waals surface area (Å²) in [5, 5.41) is 3.74. The predicted octanol–water partition coefficient (Wildman–Crippen LogP) is 8.48. The molecule has 2 unspecified atom stereocenters. The zero-order valence-electron chi connectivity index (χ0n) is 20.1. The lowest BCUT2D eigenvalue weighted by Crippen LogP contribution is -2.44. The van der Waals surface area contributed by atoms with Crippen LogP contribution in [0, 0.1) is 0 Å². The molecule has 28 heavy (non-hydrogen) atoms. The first-order valence-corrected chi connectivity index (χ1v) is 13.3. The number of unbranched alkanes of at least 4 members (excludes halogenated alkanes) is 15. The Kier molecular flexibility index (Phi) is 23.1. The SMILES string of the molecule is CCCCCCCCCCCCC(N)NC(CCC)CCCCCCCCC. The molecular formula is C26H56N2. The molecule has 0 aliphatic carbocycles. The summed E-state index contributed by atoms with van der Waals surface area (Å²) < 4.78 is 0. The molecule has 0 aliphatic heterocycles. The lowest BCUT2D eigenvalue weighted by molar-refractivity contribution is 0.359. The molecule has 2 nitrogen and oxygen atoms in total. The summed E-state index contributed by atoms with van der Waals surface area (Å²) in [5.74, 6) is 0. The van der Waals surface area contributed by atoms with Crippen molar-refractivity contribution in [3.63, 3.8) is 0 Å². The van der Waals surface area contributed by atoms with Gasteiger partial charge in [0.25, 0.3) is 0 Å². The molecule has 0 aromatic carbocycles. The predicted molar refractivity (Wildman–Crippen MR) is 129 cm³/mol. The van der Waals surface area contributed by atoms with E-state index < -0.39 is 0 Å². The van der Waals surface area contributed by atoms with Gasteiger partial charge in [-0.05, 0) is 19.3 Å². The summed E-state index contributed by atoms with van der Waals surface area (Å²) in [6.45, 7) is 6.88. The second kappa shape index (κ2) is 23.2. The first-order chi connectivity index (χ1) is 13.7. The highest BCUT2D eigenvalue weighted by Gasteiger charge is 2.11. The molecule has 0 heterocycles. The minimum atomic E-state index is 0.204. The van der Waals surface area contributed by atoms with Crippen LogP contribution in [0.1, 0.15) is 156 Å². The van der Waals surface area contributed by atoms with Crippen molar-refractivity contribution in [2.24, 2.45) is 5.73 Å². The van der Waals surface area contributed by atoms with Gasteiger partial charge in [0.05, 0.1) is 6.17 Å². The van der Waals surface area contributed by atoms with E-state index in [-0.39, 0.29) is 6.17 Å². The highest BCUT2D eigenvalue weighted by Crippen LogP contribution is 2.14. The van der Waals surface area contributed by atoms with Crippen LogP contribution in [0.4, 0.5) is 0 Å². The monoisotopic (exact) mass is 396 g/mol. The van der Waals surface area contributed by atoms with Crippen LogP contribution in [0.5, 0.6) is 0 Å². The summed E-state index contributed by atoms with van der Waals surface area (Å²) in [7, 11) is 0. The average Bonchev–Trinajstić information content (AvgIpc) is 2.68. The van der Waals surface area contributed by atoms with Crippen LogP contribution in [0.2, 0.25) is 0 Å². The van der Waals surface area contributed by atoms with E-state index in [0.29, 0.717) is 6.04 Å². The van der Waals surface area contributed by atoms with Gasteiger partial charge in [-0.1, -0.05) is 136 Å². The summed E-state index contributed by atoms with van der Waals surface area (Å²) in [5.41, 5.74) is 6.39. The number of nitrogens with two attached hydrogens (primary N) is 1. The Labute approximate surface area is 179 Å². The van der Waals surface area contributed by atoms with E-state index in [1.165, 1.54) is 128 Å². The summed E-state index contributed by atoms with van der Waals surface area (Å²) in [6.07, 6.45) is 29.0. The van der Waals surface area contributed by atoms with Crippen molar-refractivity contribution < 1.29 is 0 Å². The zero-order valence-corrected chi connectivity index (χ0v) is 20.1. The molecule has 0 radical (unpaired) electrons. The Balaban J connectivity index is 3.58. The minimum absolute atomic E-state index is 0.204.